The highest BCUT2D eigenvalue weighted by Gasteiger charge is 2.36. The molecule has 2 unspecified atom stereocenters. The van der Waals surface area contributed by atoms with Crippen molar-refractivity contribution in [3.05, 3.63) is 41.6 Å². The summed E-state index contributed by atoms with van der Waals surface area (Å²) in [5.74, 6) is 0.485. The van der Waals surface area contributed by atoms with Gasteiger partial charge in [-0.1, -0.05) is 18.2 Å². The molecule has 2 heterocycles. The second kappa shape index (κ2) is 2.96. The monoisotopic (exact) mass is 198 g/mol. The summed E-state index contributed by atoms with van der Waals surface area (Å²) >= 11 is 0. The van der Waals surface area contributed by atoms with Crippen LogP contribution in [-0.2, 0) is 0 Å². The average molecular weight is 198 g/mol. The Morgan fingerprint density at radius 2 is 2.00 bits per heavy atom. The number of hydrogen-bond acceptors (Lipinski definition) is 2. The highest BCUT2D eigenvalue weighted by atomic mass is 15.0. The lowest BCUT2D eigenvalue weighted by Crippen LogP contribution is -2.31. The van der Waals surface area contributed by atoms with Crippen LogP contribution in [0, 0.1) is 0 Å². The van der Waals surface area contributed by atoms with E-state index in [0.717, 1.165) is 0 Å². The lowest BCUT2D eigenvalue weighted by molar-refractivity contribution is 0.777. The minimum absolute atomic E-state index is 0.368. The predicted octanol–water partition coefficient (Wildman–Crippen LogP) is 2.94. The van der Waals surface area contributed by atoms with Crippen LogP contribution >= 0.6 is 0 Å². The highest BCUT2D eigenvalue weighted by molar-refractivity contribution is 5.95. The molecule has 76 valence electrons. The van der Waals surface area contributed by atoms with Crippen molar-refractivity contribution >= 4 is 11.4 Å². The van der Waals surface area contributed by atoms with Gasteiger partial charge in [-0.15, -0.1) is 0 Å². The largest absolute Gasteiger partial charge is 0.376 e. The molecule has 1 aromatic rings. The molecule has 2 aliphatic heterocycles. The van der Waals surface area contributed by atoms with Crippen LogP contribution in [0.3, 0.4) is 0 Å². The summed E-state index contributed by atoms with van der Waals surface area (Å²) in [6, 6.07) is 8.91. The van der Waals surface area contributed by atoms with Crippen molar-refractivity contribution in [1.29, 1.82) is 0 Å². The second-order valence-corrected chi connectivity index (χ2v) is 4.33. The van der Waals surface area contributed by atoms with Gasteiger partial charge in [0.2, 0.25) is 0 Å². The molecular formula is C13H14N2. The Morgan fingerprint density at radius 1 is 1.20 bits per heavy atom. The highest BCUT2D eigenvalue weighted by Crippen LogP contribution is 2.42. The maximum Gasteiger partial charge on any atom is 0.0750 e. The van der Waals surface area contributed by atoms with E-state index in [2.05, 4.69) is 48.4 Å². The summed E-state index contributed by atoms with van der Waals surface area (Å²) in [6.45, 7) is 4.26. The lowest BCUT2D eigenvalue weighted by atomic mass is 9.85. The van der Waals surface area contributed by atoms with Gasteiger partial charge < -0.3 is 5.32 Å². The maximum atomic E-state index is 4.43. The van der Waals surface area contributed by atoms with E-state index < -0.39 is 0 Å². The molecular weight excluding hydrogens is 184 g/mol. The summed E-state index contributed by atoms with van der Waals surface area (Å²) in [4.78, 5) is 4.43. The van der Waals surface area contributed by atoms with E-state index in [0.29, 0.717) is 12.0 Å². The summed E-state index contributed by atoms with van der Waals surface area (Å²) in [5, 5.41) is 3.54. The molecule has 1 N–H and O–H groups in total. The lowest BCUT2D eigenvalue weighted by Gasteiger charge is -2.24. The van der Waals surface area contributed by atoms with E-state index in [1.54, 1.807) is 0 Å². The fraction of sp³-hybridized carbons (Fsp3) is 0.308. The van der Waals surface area contributed by atoms with E-state index in [4.69, 9.17) is 0 Å². The smallest absolute Gasteiger partial charge is 0.0750 e. The van der Waals surface area contributed by atoms with Crippen molar-refractivity contribution in [3.63, 3.8) is 0 Å². The normalized spacial score (nSPS) is 27.3. The average Bonchev–Trinajstić information content (AvgIpc) is 2.64. The van der Waals surface area contributed by atoms with Crippen molar-refractivity contribution in [2.75, 3.05) is 5.32 Å². The van der Waals surface area contributed by atoms with Crippen molar-refractivity contribution in [3.8, 4) is 0 Å². The van der Waals surface area contributed by atoms with Gasteiger partial charge in [-0.25, -0.2) is 0 Å². The van der Waals surface area contributed by atoms with E-state index in [-0.39, 0.29) is 0 Å². The molecule has 2 aliphatic rings. The van der Waals surface area contributed by atoms with Crippen LogP contribution in [0.15, 0.2) is 41.0 Å². The first-order valence-corrected chi connectivity index (χ1v) is 5.34. The minimum atomic E-state index is 0.368. The van der Waals surface area contributed by atoms with E-state index in [9.17, 15) is 0 Å². The van der Waals surface area contributed by atoms with Gasteiger partial charge in [0.25, 0.3) is 0 Å². The molecule has 0 saturated carbocycles. The fourth-order valence-electron chi connectivity index (χ4n) is 2.55. The summed E-state index contributed by atoms with van der Waals surface area (Å²) in [6.07, 6.45) is 2.00. The van der Waals surface area contributed by atoms with Gasteiger partial charge in [-0.05, 0) is 31.1 Å². The Bertz CT molecular complexity index is 471. The third-order valence-corrected chi connectivity index (χ3v) is 3.35. The molecule has 15 heavy (non-hydrogen) atoms. The molecule has 0 saturated heterocycles. The van der Waals surface area contributed by atoms with E-state index in [1.165, 1.54) is 22.5 Å². The molecule has 0 aromatic heterocycles. The number of hydrogen-bond donors (Lipinski definition) is 1. The van der Waals surface area contributed by atoms with Crippen LogP contribution in [0.2, 0.25) is 0 Å². The van der Waals surface area contributed by atoms with Gasteiger partial charge in [-0.2, -0.15) is 0 Å². The molecule has 1 aromatic carbocycles. The van der Waals surface area contributed by atoms with Gasteiger partial charge in [0.05, 0.1) is 6.04 Å². The Morgan fingerprint density at radius 3 is 2.87 bits per heavy atom. The molecule has 2 atom stereocenters. The molecule has 0 bridgehead atoms. The number of benzene rings is 1. The molecule has 0 amide bonds. The summed E-state index contributed by atoms with van der Waals surface area (Å²) in [7, 11) is 0. The Kier molecular flexibility index (Phi) is 1.72. The van der Waals surface area contributed by atoms with Crippen LogP contribution in [0.5, 0.6) is 0 Å². The number of aliphatic imine (C=N–C) groups is 1. The molecule has 0 fully saturated rings. The van der Waals surface area contributed by atoms with Crippen molar-refractivity contribution in [2.24, 2.45) is 4.99 Å². The van der Waals surface area contributed by atoms with Gasteiger partial charge in [0, 0.05) is 23.5 Å². The Labute approximate surface area is 89.7 Å². The van der Waals surface area contributed by atoms with Gasteiger partial charge in [-0.3, -0.25) is 4.99 Å². The molecule has 0 aliphatic carbocycles. The topological polar surface area (TPSA) is 24.4 Å². The van der Waals surface area contributed by atoms with Gasteiger partial charge in [0.15, 0.2) is 0 Å². The van der Waals surface area contributed by atoms with Crippen LogP contribution in [-0.4, -0.2) is 11.8 Å². The molecule has 2 heteroatoms. The summed E-state index contributed by atoms with van der Waals surface area (Å²) < 4.78 is 0. The SMILES string of the molecule is CC1=CN=C(C)C2Nc3ccccc3C12. The first kappa shape index (κ1) is 8.72. The zero-order valence-electron chi connectivity index (χ0n) is 8.99. The van der Waals surface area contributed by atoms with Crippen molar-refractivity contribution in [2.45, 2.75) is 25.8 Å². The van der Waals surface area contributed by atoms with Gasteiger partial charge >= 0.3 is 0 Å². The van der Waals surface area contributed by atoms with Crippen LogP contribution in [0.25, 0.3) is 0 Å². The van der Waals surface area contributed by atoms with E-state index in [1.807, 2.05) is 6.20 Å². The molecule has 0 spiro atoms. The minimum Gasteiger partial charge on any atom is -0.376 e. The van der Waals surface area contributed by atoms with E-state index >= 15 is 0 Å². The number of nitrogens with one attached hydrogen (secondary N) is 1. The number of rotatable bonds is 0. The van der Waals surface area contributed by atoms with Gasteiger partial charge in [0.1, 0.15) is 0 Å². The first-order chi connectivity index (χ1) is 7.27. The number of para-hydroxylation sites is 1. The quantitative estimate of drug-likeness (QED) is 0.681. The molecule has 2 nitrogen and oxygen atoms in total. The molecule has 0 radical (unpaired) electrons. The standard InChI is InChI=1S/C13H14N2/c1-8-7-14-9(2)13-12(8)10-5-3-4-6-11(10)15-13/h3-7,12-13,15H,1-2H3. The first-order valence-electron chi connectivity index (χ1n) is 5.34. The fourth-order valence-corrected chi connectivity index (χ4v) is 2.55. The van der Waals surface area contributed by atoms with Crippen LogP contribution in [0.1, 0.15) is 25.3 Å². The number of fused-ring (bicyclic) bond motifs is 3. The Hall–Kier alpha value is -1.57. The zero-order valence-corrected chi connectivity index (χ0v) is 8.99. The van der Waals surface area contributed by atoms with Crippen LogP contribution < -0.4 is 5.32 Å². The Balaban J connectivity index is 2.15. The predicted molar refractivity (Wildman–Crippen MR) is 63.5 cm³/mol. The molecule has 3 rings (SSSR count). The van der Waals surface area contributed by atoms with Crippen molar-refractivity contribution in [1.82, 2.24) is 0 Å². The number of nitrogens with zero attached hydrogens (tertiary/aromatic N) is 1. The summed E-state index contributed by atoms with van der Waals surface area (Å²) in [5.41, 5.74) is 5.20. The maximum absolute atomic E-state index is 4.43. The second-order valence-electron chi connectivity index (χ2n) is 4.33. The third-order valence-electron chi connectivity index (χ3n) is 3.35. The number of anilines is 1. The third kappa shape index (κ3) is 1.14. The van der Waals surface area contributed by atoms with Crippen molar-refractivity contribution < 1.29 is 0 Å². The van der Waals surface area contributed by atoms with Crippen LogP contribution in [0.4, 0.5) is 5.69 Å². The zero-order chi connectivity index (χ0) is 10.4.